The summed E-state index contributed by atoms with van der Waals surface area (Å²) in [5, 5.41) is 2.10. The minimum Gasteiger partial charge on any atom is -0.355 e. The molecule has 0 aliphatic heterocycles. The van der Waals surface area contributed by atoms with Crippen LogP contribution in [0.15, 0.2) is 12.1 Å². The first kappa shape index (κ1) is 14.7. The second kappa shape index (κ2) is 5.75. The maximum Gasteiger partial charge on any atom is 0.239 e. The Morgan fingerprint density at radius 1 is 1.50 bits per heavy atom. The Kier molecular flexibility index (Phi) is 4.23. The second-order valence-electron chi connectivity index (χ2n) is 4.38. The summed E-state index contributed by atoms with van der Waals surface area (Å²) in [5.74, 6) is -1.43. The van der Waals surface area contributed by atoms with Gasteiger partial charge in [-0.3, -0.25) is 4.79 Å². The number of amides is 1. The summed E-state index contributed by atoms with van der Waals surface area (Å²) in [6.45, 7) is 3.83. The van der Waals surface area contributed by atoms with E-state index in [1.54, 1.807) is 13.8 Å². The van der Waals surface area contributed by atoms with Crippen LogP contribution in [0.5, 0.6) is 0 Å². The fourth-order valence-electron chi connectivity index (χ4n) is 2.03. The number of nitrogens with one attached hydrogen (secondary N) is 1. The minimum atomic E-state index is -0.770. The summed E-state index contributed by atoms with van der Waals surface area (Å²) in [6.07, 6.45) is 0. The molecule has 0 saturated heterocycles. The molecule has 0 spiro atoms. The van der Waals surface area contributed by atoms with Crippen molar-refractivity contribution in [1.82, 2.24) is 14.9 Å². The van der Waals surface area contributed by atoms with Crippen molar-refractivity contribution in [3.8, 4) is 0 Å². The molecule has 0 bridgehead atoms. The fourth-order valence-corrected chi connectivity index (χ4v) is 2.20. The Morgan fingerprint density at radius 3 is 2.80 bits per heavy atom. The first-order chi connectivity index (χ1) is 9.43. The summed E-state index contributed by atoms with van der Waals surface area (Å²) in [5.41, 5.74) is 0.231. The third-order valence-electron chi connectivity index (χ3n) is 2.83. The summed E-state index contributed by atoms with van der Waals surface area (Å²) in [4.78, 5) is 15.8. The van der Waals surface area contributed by atoms with E-state index in [0.29, 0.717) is 12.4 Å². The highest BCUT2D eigenvalue weighted by Crippen LogP contribution is 2.26. The van der Waals surface area contributed by atoms with Crippen molar-refractivity contribution in [2.45, 2.75) is 25.8 Å². The molecule has 1 N–H and O–H groups in total. The highest BCUT2D eigenvalue weighted by Gasteiger charge is 2.20. The fraction of sp³-hybridized carbons (Fsp3) is 0.385. The SMILES string of the molecule is CCNC(=O)Cn1c(C(C)Cl)nc2c(F)cc(F)cc21. The van der Waals surface area contributed by atoms with Gasteiger partial charge < -0.3 is 9.88 Å². The number of nitrogens with zero attached hydrogens (tertiary/aromatic N) is 2. The Bertz CT molecular complexity index is 655. The Balaban J connectivity index is 2.59. The zero-order valence-corrected chi connectivity index (χ0v) is 11.8. The number of imidazole rings is 1. The first-order valence-corrected chi connectivity index (χ1v) is 6.63. The average molecular weight is 302 g/mol. The van der Waals surface area contributed by atoms with Gasteiger partial charge in [0.25, 0.3) is 0 Å². The number of benzene rings is 1. The maximum atomic E-state index is 13.7. The molecule has 1 heterocycles. The smallest absolute Gasteiger partial charge is 0.239 e. The molecule has 1 amide bonds. The highest BCUT2D eigenvalue weighted by molar-refractivity contribution is 6.20. The lowest BCUT2D eigenvalue weighted by atomic mass is 10.3. The maximum absolute atomic E-state index is 13.7. The van der Waals surface area contributed by atoms with Crippen LogP contribution in [0.25, 0.3) is 11.0 Å². The molecule has 1 unspecified atom stereocenters. The van der Waals surface area contributed by atoms with E-state index in [2.05, 4.69) is 10.3 Å². The number of fused-ring (bicyclic) bond motifs is 1. The minimum absolute atomic E-state index is 0.0122. The number of carbonyl (C=O) groups excluding carboxylic acids is 1. The summed E-state index contributed by atoms with van der Waals surface area (Å²) in [7, 11) is 0. The molecule has 0 aliphatic carbocycles. The van der Waals surface area contributed by atoms with E-state index in [1.807, 2.05) is 0 Å². The van der Waals surface area contributed by atoms with Crippen LogP contribution in [0, 0.1) is 11.6 Å². The summed E-state index contributed by atoms with van der Waals surface area (Å²) in [6, 6.07) is 1.90. The van der Waals surface area contributed by atoms with E-state index in [0.717, 1.165) is 12.1 Å². The molecular formula is C13H14ClF2N3O. The number of hydrogen-bond acceptors (Lipinski definition) is 2. The molecule has 2 aromatic rings. The van der Waals surface area contributed by atoms with Crippen LogP contribution in [0.2, 0.25) is 0 Å². The summed E-state index contributed by atoms with van der Waals surface area (Å²) < 4.78 is 28.5. The van der Waals surface area contributed by atoms with Gasteiger partial charge in [0, 0.05) is 12.6 Å². The van der Waals surface area contributed by atoms with Crippen LogP contribution in [-0.4, -0.2) is 22.0 Å². The van der Waals surface area contributed by atoms with Crippen molar-refractivity contribution < 1.29 is 13.6 Å². The normalized spacial score (nSPS) is 12.7. The number of likely N-dealkylation sites (N-methyl/N-ethyl adjacent to an activating group) is 1. The van der Waals surface area contributed by atoms with Crippen molar-refractivity contribution in [1.29, 1.82) is 0 Å². The summed E-state index contributed by atoms with van der Waals surface area (Å²) >= 11 is 6.00. The molecule has 1 aromatic heterocycles. The van der Waals surface area contributed by atoms with E-state index < -0.39 is 17.0 Å². The molecule has 4 nitrogen and oxygen atoms in total. The van der Waals surface area contributed by atoms with Crippen molar-refractivity contribution in [2.75, 3.05) is 6.54 Å². The van der Waals surface area contributed by atoms with Crippen molar-refractivity contribution in [2.24, 2.45) is 0 Å². The molecule has 1 aromatic carbocycles. The molecule has 0 aliphatic rings. The van der Waals surface area contributed by atoms with Gasteiger partial charge in [0.05, 0.1) is 10.9 Å². The number of hydrogen-bond donors (Lipinski definition) is 1. The standard InChI is InChI=1S/C13H14ClF2N3O/c1-3-17-11(20)6-19-10-5-8(15)4-9(16)12(10)18-13(19)7(2)14/h4-5,7H,3,6H2,1-2H3,(H,17,20). The Labute approximate surface area is 119 Å². The first-order valence-electron chi connectivity index (χ1n) is 6.20. The number of rotatable bonds is 4. The van der Waals surface area contributed by atoms with Gasteiger partial charge in [-0.25, -0.2) is 13.8 Å². The molecule has 0 fully saturated rings. The molecule has 2 rings (SSSR count). The van der Waals surface area contributed by atoms with Gasteiger partial charge in [-0.05, 0) is 19.9 Å². The van der Waals surface area contributed by atoms with Gasteiger partial charge >= 0.3 is 0 Å². The lowest BCUT2D eigenvalue weighted by Gasteiger charge is -2.10. The molecule has 7 heteroatoms. The highest BCUT2D eigenvalue weighted by atomic mass is 35.5. The van der Waals surface area contributed by atoms with Crippen LogP contribution in [0.4, 0.5) is 8.78 Å². The quantitative estimate of drug-likeness (QED) is 0.883. The van der Waals surface area contributed by atoms with Gasteiger partial charge in [0.15, 0.2) is 5.82 Å². The van der Waals surface area contributed by atoms with E-state index in [4.69, 9.17) is 11.6 Å². The molecular weight excluding hydrogens is 288 g/mol. The molecule has 0 radical (unpaired) electrons. The zero-order valence-electron chi connectivity index (χ0n) is 11.1. The van der Waals surface area contributed by atoms with Crippen LogP contribution in [0.3, 0.4) is 0 Å². The topological polar surface area (TPSA) is 46.9 Å². The van der Waals surface area contributed by atoms with Gasteiger partial charge in [-0.2, -0.15) is 0 Å². The lowest BCUT2D eigenvalue weighted by Crippen LogP contribution is -2.27. The number of carbonyl (C=O) groups is 1. The van der Waals surface area contributed by atoms with Crippen molar-refractivity contribution in [3.63, 3.8) is 0 Å². The van der Waals surface area contributed by atoms with Gasteiger partial charge in [-0.15, -0.1) is 11.6 Å². The van der Waals surface area contributed by atoms with Crippen LogP contribution >= 0.6 is 11.6 Å². The van der Waals surface area contributed by atoms with E-state index in [-0.39, 0.29) is 23.5 Å². The van der Waals surface area contributed by atoms with E-state index >= 15 is 0 Å². The predicted octanol–water partition coefficient (Wildman–Crippen LogP) is 2.75. The largest absolute Gasteiger partial charge is 0.355 e. The van der Waals surface area contributed by atoms with Crippen molar-refractivity contribution in [3.05, 3.63) is 29.6 Å². The predicted molar refractivity (Wildman–Crippen MR) is 72.6 cm³/mol. The van der Waals surface area contributed by atoms with Gasteiger partial charge in [-0.1, -0.05) is 0 Å². The zero-order chi connectivity index (χ0) is 14.9. The molecule has 0 saturated carbocycles. The average Bonchev–Trinajstić information content (AvgIpc) is 2.69. The lowest BCUT2D eigenvalue weighted by molar-refractivity contribution is -0.121. The third-order valence-corrected chi connectivity index (χ3v) is 3.03. The van der Waals surface area contributed by atoms with Crippen LogP contribution < -0.4 is 5.32 Å². The Hall–Kier alpha value is -1.69. The monoisotopic (exact) mass is 301 g/mol. The molecule has 20 heavy (non-hydrogen) atoms. The number of halogens is 3. The third kappa shape index (κ3) is 2.75. The molecule has 1 atom stereocenters. The second-order valence-corrected chi connectivity index (χ2v) is 5.04. The van der Waals surface area contributed by atoms with Crippen LogP contribution in [0.1, 0.15) is 25.0 Å². The Morgan fingerprint density at radius 2 is 2.20 bits per heavy atom. The van der Waals surface area contributed by atoms with Crippen molar-refractivity contribution >= 4 is 28.5 Å². The van der Waals surface area contributed by atoms with E-state index in [9.17, 15) is 13.6 Å². The number of alkyl halides is 1. The van der Waals surface area contributed by atoms with Crippen LogP contribution in [-0.2, 0) is 11.3 Å². The van der Waals surface area contributed by atoms with E-state index in [1.165, 1.54) is 4.57 Å². The molecule has 108 valence electrons. The number of aromatic nitrogens is 2. The van der Waals surface area contributed by atoms with Gasteiger partial charge in [0.2, 0.25) is 5.91 Å². The van der Waals surface area contributed by atoms with Gasteiger partial charge in [0.1, 0.15) is 23.7 Å².